The van der Waals surface area contributed by atoms with Crippen LogP contribution in [0.25, 0.3) is 0 Å². The molecule has 1 aliphatic heterocycles. The molecular weight excluding hydrogens is 392 g/mol. The minimum absolute atomic E-state index is 0.0554. The molecule has 4 rings (SSSR count). The Hall–Kier alpha value is -1.98. The van der Waals surface area contributed by atoms with Crippen molar-refractivity contribution in [1.29, 1.82) is 0 Å². The van der Waals surface area contributed by atoms with Gasteiger partial charge in [0.15, 0.2) is 0 Å². The first kappa shape index (κ1) is 19.3. The fraction of sp³-hybridized carbons (Fsp3) is 0.364. The van der Waals surface area contributed by atoms with Crippen molar-refractivity contribution in [2.24, 2.45) is 11.0 Å². The fourth-order valence-electron chi connectivity index (χ4n) is 3.81. The number of hydrogen-bond acceptors (Lipinski definition) is 4. The number of hydrazone groups is 1. The van der Waals surface area contributed by atoms with E-state index in [1.165, 1.54) is 6.42 Å². The van der Waals surface area contributed by atoms with Crippen LogP contribution in [-0.2, 0) is 4.79 Å². The van der Waals surface area contributed by atoms with Gasteiger partial charge in [-0.25, -0.2) is 5.01 Å². The van der Waals surface area contributed by atoms with Crippen molar-refractivity contribution in [1.82, 2.24) is 5.01 Å². The summed E-state index contributed by atoms with van der Waals surface area (Å²) < 4.78 is 5.57. The van der Waals surface area contributed by atoms with E-state index < -0.39 is 0 Å². The highest BCUT2D eigenvalue weighted by Crippen LogP contribution is 2.45. The molecule has 1 aliphatic carbocycles. The number of rotatable bonds is 4. The molecule has 28 heavy (non-hydrogen) atoms. The van der Waals surface area contributed by atoms with Crippen LogP contribution < -0.4 is 4.74 Å². The molecule has 0 saturated heterocycles. The predicted molar refractivity (Wildman–Crippen MR) is 115 cm³/mol. The van der Waals surface area contributed by atoms with Gasteiger partial charge in [0.1, 0.15) is 16.2 Å². The van der Waals surface area contributed by atoms with E-state index in [0.717, 1.165) is 47.6 Å². The molecule has 1 heterocycles. The summed E-state index contributed by atoms with van der Waals surface area (Å²) >= 11 is 7.62. The van der Waals surface area contributed by atoms with Crippen LogP contribution in [0.4, 0.5) is 0 Å². The standard InChI is InChI=1S/C22H23ClN2O2S/c1-27-19-10-6-5-9-18(19)22-25(21(26)16-7-3-2-4-8-16)24-20(28-22)15-11-13-17(23)14-12-15/h5-6,9-14,16,22H,2-4,7-8H2,1H3. The molecule has 0 N–H and O–H groups in total. The Morgan fingerprint density at radius 2 is 1.82 bits per heavy atom. The van der Waals surface area contributed by atoms with E-state index in [1.54, 1.807) is 23.9 Å². The summed E-state index contributed by atoms with van der Waals surface area (Å²) in [6, 6.07) is 15.5. The summed E-state index contributed by atoms with van der Waals surface area (Å²) in [6.07, 6.45) is 5.34. The molecule has 0 spiro atoms. The number of carbonyl (C=O) groups is 1. The number of amides is 1. The van der Waals surface area contributed by atoms with Gasteiger partial charge in [0.05, 0.1) is 7.11 Å². The van der Waals surface area contributed by atoms with Gasteiger partial charge in [-0.05, 0) is 31.0 Å². The van der Waals surface area contributed by atoms with E-state index in [4.69, 9.17) is 21.4 Å². The SMILES string of the molecule is COc1ccccc1C1SC(c2ccc(Cl)cc2)=NN1C(=O)C1CCCCC1. The number of ether oxygens (including phenoxy) is 1. The normalized spacial score (nSPS) is 20.1. The Balaban J connectivity index is 1.69. The molecule has 1 amide bonds. The second-order valence-corrected chi connectivity index (χ2v) is 8.65. The molecule has 0 aromatic heterocycles. The lowest BCUT2D eigenvalue weighted by atomic mass is 9.88. The number of nitrogens with zero attached hydrogens (tertiary/aromatic N) is 2. The van der Waals surface area contributed by atoms with E-state index in [1.807, 2.05) is 48.5 Å². The number of para-hydroxylation sites is 1. The summed E-state index contributed by atoms with van der Waals surface area (Å²) in [5.74, 6) is 0.945. The first-order valence-electron chi connectivity index (χ1n) is 9.64. The minimum atomic E-state index is -0.226. The second kappa shape index (κ2) is 8.58. The quantitative estimate of drug-likeness (QED) is 0.628. The monoisotopic (exact) mass is 414 g/mol. The molecule has 0 bridgehead atoms. The third kappa shape index (κ3) is 3.91. The van der Waals surface area contributed by atoms with Gasteiger partial charge in [0.2, 0.25) is 5.91 Å². The van der Waals surface area contributed by atoms with Crippen LogP contribution in [0.2, 0.25) is 5.02 Å². The van der Waals surface area contributed by atoms with Crippen molar-refractivity contribution in [3.8, 4) is 5.75 Å². The molecule has 1 saturated carbocycles. The van der Waals surface area contributed by atoms with E-state index >= 15 is 0 Å². The smallest absolute Gasteiger partial charge is 0.247 e. The van der Waals surface area contributed by atoms with Gasteiger partial charge in [-0.15, -0.1) is 0 Å². The number of hydrogen-bond donors (Lipinski definition) is 0. The predicted octanol–water partition coefficient (Wildman–Crippen LogP) is 5.86. The van der Waals surface area contributed by atoms with Crippen LogP contribution >= 0.6 is 23.4 Å². The van der Waals surface area contributed by atoms with Gasteiger partial charge in [0, 0.05) is 22.1 Å². The van der Waals surface area contributed by atoms with E-state index in [2.05, 4.69) is 0 Å². The summed E-state index contributed by atoms with van der Waals surface area (Å²) in [4.78, 5) is 13.4. The lowest BCUT2D eigenvalue weighted by Gasteiger charge is -2.28. The van der Waals surface area contributed by atoms with E-state index in [0.29, 0.717) is 5.02 Å². The van der Waals surface area contributed by atoms with Gasteiger partial charge >= 0.3 is 0 Å². The molecular formula is C22H23ClN2O2S. The molecule has 0 radical (unpaired) electrons. The van der Waals surface area contributed by atoms with Crippen LogP contribution in [0.5, 0.6) is 5.75 Å². The van der Waals surface area contributed by atoms with Gasteiger partial charge in [-0.2, -0.15) is 5.10 Å². The highest BCUT2D eigenvalue weighted by molar-refractivity contribution is 8.14. The first-order valence-corrected chi connectivity index (χ1v) is 10.9. The maximum Gasteiger partial charge on any atom is 0.247 e. The Bertz CT molecular complexity index is 878. The highest BCUT2D eigenvalue weighted by Gasteiger charge is 2.38. The van der Waals surface area contributed by atoms with Crippen LogP contribution in [0, 0.1) is 5.92 Å². The molecule has 1 unspecified atom stereocenters. The van der Waals surface area contributed by atoms with E-state index in [-0.39, 0.29) is 17.2 Å². The number of benzene rings is 2. The number of methoxy groups -OCH3 is 1. The second-order valence-electron chi connectivity index (χ2n) is 7.14. The maximum absolute atomic E-state index is 13.4. The highest BCUT2D eigenvalue weighted by atomic mass is 35.5. The van der Waals surface area contributed by atoms with Crippen molar-refractivity contribution in [3.05, 3.63) is 64.7 Å². The van der Waals surface area contributed by atoms with Gasteiger partial charge in [-0.1, -0.05) is 73.0 Å². The molecule has 2 aliphatic rings. The minimum Gasteiger partial charge on any atom is -0.496 e. The van der Waals surface area contributed by atoms with Crippen molar-refractivity contribution < 1.29 is 9.53 Å². The van der Waals surface area contributed by atoms with Crippen molar-refractivity contribution in [2.45, 2.75) is 37.5 Å². The van der Waals surface area contributed by atoms with Crippen LogP contribution in [0.1, 0.15) is 48.6 Å². The molecule has 1 atom stereocenters. The molecule has 146 valence electrons. The Morgan fingerprint density at radius 1 is 1.11 bits per heavy atom. The zero-order valence-electron chi connectivity index (χ0n) is 15.8. The van der Waals surface area contributed by atoms with E-state index in [9.17, 15) is 4.79 Å². The van der Waals surface area contributed by atoms with Crippen LogP contribution in [-0.4, -0.2) is 23.1 Å². The summed E-state index contributed by atoms with van der Waals surface area (Å²) in [7, 11) is 1.66. The van der Waals surface area contributed by atoms with Crippen molar-refractivity contribution in [2.75, 3.05) is 7.11 Å². The Labute approximate surface area is 174 Å². The van der Waals surface area contributed by atoms with Crippen LogP contribution in [0.15, 0.2) is 53.6 Å². The largest absolute Gasteiger partial charge is 0.496 e. The zero-order valence-corrected chi connectivity index (χ0v) is 17.4. The number of halogens is 1. The summed E-state index contributed by atoms with van der Waals surface area (Å²) in [5, 5.41) is 7.73. The Morgan fingerprint density at radius 3 is 2.54 bits per heavy atom. The molecule has 2 aromatic carbocycles. The molecule has 6 heteroatoms. The first-order chi connectivity index (χ1) is 13.7. The lowest BCUT2D eigenvalue weighted by Crippen LogP contribution is -2.33. The third-order valence-corrected chi connectivity index (χ3v) is 6.79. The lowest BCUT2D eigenvalue weighted by molar-refractivity contribution is -0.137. The Kier molecular flexibility index (Phi) is 5.93. The average molecular weight is 415 g/mol. The molecule has 4 nitrogen and oxygen atoms in total. The fourth-order valence-corrected chi connectivity index (χ4v) is 5.13. The number of thioether (sulfide) groups is 1. The maximum atomic E-state index is 13.4. The topological polar surface area (TPSA) is 41.9 Å². The van der Waals surface area contributed by atoms with Gasteiger partial charge < -0.3 is 4.74 Å². The zero-order chi connectivity index (χ0) is 19.5. The summed E-state index contributed by atoms with van der Waals surface area (Å²) in [6.45, 7) is 0. The molecule has 2 aromatic rings. The summed E-state index contributed by atoms with van der Waals surface area (Å²) in [5.41, 5.74) is 1.93. The molecule has 1 fully saturated rings. The van der Waals surface area contributed by atoms with Gasteiger partial charge in [0.25, 0.3) is 0 Å². The van der Waals surface area contributed by atoms with Crippen LogP contribution in [0.3, 0.4) is 0 Å². The van der Waals surface area contributed by atoms with Gasteiger partial charge in [-0.3, -0.25) is 4.79 Å². The van der Waals surface area contributed by atoms with Crippen molar-refractivity contribution >= 4 is 34.3 Å². The van der Waals surface area contributed by atoms with Crippen molar-refractivity contribution in [3.63, 3.8) is 0 Å². The third-order valence-electron chi connectivity index (χ3n) is 5.32. The average Bonchev–Trinajstić information content (AvgIpc) is 3.19. The number of carbonyl (C=O) groups excluding carboxylic acids is 1.